The van der Waals surface area contributed by atoms with Crippen molar-refractivity contribution >= 4 is 17.2 Å². The fraction of sp³-hybridized carbons (Fsp3) is 0.304. The summed E-state index contributed by atoms with van der Waals surface area (Å²) in [6, 6.07) is 11.4. The second-order valence-corrected chi connectivity index (χ2v) is 7.56. The van der Waals surface area contributed by atoms with Crippen molar-refractivity contribution in [3.63, 3.8) is 0 Å². The first-order chi connectivity index (χ1) is 15.2. The summed E-state index contributed by atoms with van der Waals surface area (Å²) in [4.78, 5) is 17.8. The van der Waals surface area contributed by atoms with E-state index in [0.717, 1.165) is 49.7 Å². The van der Waals surface area contributed by atoms with Gasteiger partial charge in [0.15, 0.2) is 0 Å². The van der Waals surface area contributed by atoms with Crippen LogP contribution in [0.15, 0.2) is 55.0 Å². The van der Waals surface area contributed by atoms with Crippen molar-refractivity contribution in [3.8, 4) is 11.3 Å². The predicted molar refractivity (Wildman–Crippen MR) is 122 cm³/mol. The van der Waals surface area contributed by atoms with Gasteiger partial charge in [-0.05, 0) is 43.3 Å². The lowest BCUT2D eigenvalue weighted by molar-refractivity contribution is 0.204. The molecule has 3 aromatic heterocycles. The lowest BCUT2D eigenvalue weighted by atomic mass is 10.0. The Hall–Kier alpha value is -3.36. The third-order valence-corrected chi connectivity index (χ3v) is 5.48. The molecule has 8 nitrogen and oxygen atoms in total. The molecule has 3 aromatic rings. The average Bonchev–Trinajstić information content (AvgIpc) is 3.06. The number of nitrogens with one attached hydrogen (secondary N) is 1. The van der Waals surface area contributed by atoms with Gasteiger partial charge >= 0.3 is 0 Å². The van der Waals surface area contributed by atoms with Crippen LogP contribution in [0.1, 0.15) is 17.7 Å². The minimum absolute atomic E-state index is 0.180. The fourth-order valence-corrected chi connectivity index (χ4v) is 3.80. The van der Waals surface area contributed by atoms with E-state index in [1.165, 1.54) is 0 Å². The number of nitrogen functional groups attached to an aromatic ring is 1. The molecule has 0 bridgehead atoms. The normalized spacial score (nSPS) is 14.9. The Balaban J connectivity index is 1.57. The SMILES string of the molecule is N=C(c1cccc(N2CCCN(CCO)CC2)n1)c1cc(-c2cccnc2)ncc1N. The number of nitrogens with two attached hydrogens (primary N) is 1. The number of rotatable bonds is 6. The summed E-state index contributed by atoms with van der Waals surface area (Å²) in [6.45, 7) is 4.47. The van der Waals surface area contributed by atoms with Gasteiger partial charge in [-0.15, -0.1) is 0 Å². The molecule has 4 heterocycles. The number of anilines is 2. The summed E-state index contributed by atoms with van der Waals surface area (Å²) in [7, 11) is 0. The maximum Gasteiger partial charge on any atom is 0.129 e. The minimum atomic E-state index is 0.180. The van der Waals surface area contributed by atoms with E-state index in [-0.39, 0.29) is 12.3 Å². The third-order valence-electron chi connectivity index (χ3n) is 5.48. The van der Waals surface area contributed by atoms with Gasteiger partial charge in [0.25, 0.3) is 0 Å². The first-order valence-electron chi connectivity index (χ1n) is 10.5. The first-order valence-corrected chi connectivity index (χ1v) is 10.5. The van der Waals surface area contributed by atoms with Gasteiger partial charge in [-0.2, -0.15) is 0 Å². The minimum Gasteiger partial charge on any atom is -0.397 e. The van der Waals surface area contributed by atoms with Gasteiger partial charge in [0.05, 0.1) is 35.6 Å². The van der Waals surface area contributed by atoms with Crippen molar-refractivity contribution in [2.45, 2.75) is 6.42 Å². The smallest absolute Gasteiger partial charge is 0.129 e. The second kappa shape index (κ2) is 9.63. The number of aliphatic hydroxyl groups is 1. The monoisotopic (exact) mass is 417 g/mol. The van der Waals surface area contributed by atoms with E-state index >= 15 is 0 Å². The van der Waals surface area contributed by atoms with Crippen LogP contribution in [-0.4, -0.2) is 70.0 Å². The molecule has 1 aliphatic rings. The van der Waals surface area contributed by atoms with Crippen LogP contribution < -0.4 is 10.6 Å². The number of pyridine rings is 3. The molecule has 0 aliphatic carbocycles. The Bertz CT molecular complexity index is 1040. The Labute approximate surface area is 181 Å². The van der Waals surface area contributed by atoms with Gasteiger partial charge in [-0.25, -0.2) is 4.98 Å². The van der Waals surface area contributed by atoms with Gasteiger partial charge in [-0.1, -0.05) is 6.07 Å². The Morgan fingerprint density at radius 3 is 2.81 bits per heavy atom. The lowest BCUT2D eigenvalue weighted by Crippen LogP contribution is -2.32. The number of hydrogen-bond donors (Lipinski definition) is 3. The molecule has 1 aliphatic heterocycles. The number of aromatic nitrogens is 3. The average molecular weight is 418 g/mol. The highest BCUT2D eigenvalue weighted by molar-refractivity contribution is 6.13. The molecule has 0 atom stereocenters. The van der Waals surface area contributed by atoms with Gasteiger partial charge in [-0.3, -0.25) is 20.3 Å². The number of β-amino-alcohol motifs (C(OH)–C–C–N with tert-alkyl or cyclic N) is 1. The zero-order valence-electron chi connectivity index (χ0n) is 17.4. The molecular formula is C23H27N7O. The molecule has 8 heteroatoms. The molecule has 31 heavy (non-hydrogen) atoms. The number of nitrogens with zero attached hydrogens (tertiary/aromatic N) is 5. The molecule has 4 N–H and O–H groups in total. The second-order valence-electron chi connectivity index (χ2n) is 7.56. The molecule has 0 unspecified atom stereocenters. The number of aliphatic hydroxyl groups excluding tert-OH is 1. The van der Waals surface area contributed by atoms with Crippen LogP contribution in [-0.2, 0) is 0 Å². The Kier molecular flexibility index (Phi) is 6.49. The van der Waals surface area contributed by atoms with Crippen molar-refractivity contribution in [1.29, 1.82) is 5.41 Å². The summed E-state index contributed by atoms with van der Waals surface area (Å²) in [5.74, 6) is 0.855. The van der Waals surface area contributed by atoms with Crippen molar-refractivity contribution in [2.24, 2.45) is 0 Å². The highest BCUT2D eigenvalue weighted by atomic mass is 16.3. The van der Waals surface area contributed by atoms with Gasteiger partial charge in [0.1, 0.15) is 5.82 Å². The lowest BCUT2D eigenvalue weighted by Gasteiger charge is -2.23. The van der Waals surface area contributed by atoms with E-state index in [9.17, 15) is 5.11 Å². The number of hydrogen-bond acceptors (Lipinski definition) is 8. The fourth-order valence-electron chi connectivity index (χ4n) is 3.80. The Morgan fingerprint density at radius 2 is 2.00 bits per heavy atom. The third kappa shape index (κ3) is 4.87. The molecule has 0 spiro atoms. The molecule has 0 amide bonds. The van der Waals surface area contributed by atoms with Crippen molar-refractivity contribution < 1.29 is 5.11 Å². The van der Waals surface area contributed by atoms with Crippen LogP contribution in [0.3, 0.4) is 0 Å². The maximum absolute atomic E-state index is 9.20. The summed E-state index contributed by atoms with van der Waals surface area (Å²) in [5.41, 5.74) is 9.64. The molecule has 0 saturated carbocycles. The zero-order chi connectivity index (χ0) is 21.6. The molecule has 1 saturated heterocycles. The highest BCUT2D eigenvalue weighted by Gasteiger charge is 2.18. The van der Waals surface area contributed by atoms with Gasteiger partial charge in [0, 0.05) is 49.7 Å². The van der Waals surface area contributed by atoms with Crippen molar-refractivity contribution in [3.05, 3.63) is 66.2 Å². The summed E-state index contributed by atoms with van der Waals surface area (Å²) >= 11 is 0. The molecule has 160 valence electrons. The van der Waals surface area contributed by atoms with Crippen LogP contribution in [0.4, 0.5) is 11.5 Å². The van der Waals surface area contributed by atoms with Crippen LogP contribution in [0, 0.1) is 5.41 Å². The topological polar surface area (TPSA) is 115 Å². The Morgan fingerprint density at radius 1 is 1.10 bits per heavy atom. The van der Waals surface area contributed by atoms with E-state index in [1.807, 2.05) is 36.4 Å². The van der Waals surface area contributed by atoms with Gasteiger partial charge in [0.2, 0.25) is 0 Å². The molecule has 4 rings (SSSR count). The summed E-state index contributed by atoms with van der Waals surface area (Å²) in [5, 5.41) is 18.0. The molecule has 0 radical (unpaired) electrons. The molecule has 1 fully saturated rings. The quantitative estimate of drug-likeness (QED) is 0.526. The summed E-state index contributed by atoms with van der Waals surface area (Å²) < 4.78 is 0. The van der Waals surface area contributed by atoms with E-state index in [4.69, 9.17) is 16.1 Å². The van der Waals surface area contributed by atoms with E-state index < -0.39 is 0 Å². The van der Waals surface area contributed by atoms with Crippen LogP contribution >= 0.6 is 0 Å². The zero-order valence-corrected chi connectivity index (χ0v) is 17.4. The van der Waals surface area contributed by atoms with Crippen molar-refractivity contribution in [1.82, 2.24) is 19.9 Å². The van der Waals surface area contributed by atoms with E-state index in [1.54, 1.807) is 18.6 Å². The van der Waals surface area contributed by atoms with Crippen LogP contribution in [0.5, 0.6) is 0 Å². The largest absolute Gasteiger partial charge is 0.397 e. The predicted octanol–water partition coefficient (Wildman–Crippen LogP) is 2.04. The van der Waals surface area contributed by atoms with Crippen LogP contribution in [0.25, 0.3) is 11.3 Å². The van der Waals surface area contributed by atoms with Gasteiger partial charge < -0.3 is 15.7 Å². The first kappa shape index (κ1) is 20.9. The van der Waals surface area contributed by atoms with Crippen LogP contribution in [0.2, 0.25) is 0 Å². The highest BCUT2D eigenvalue weighted by Crippen LogP contribution is 2.23. The molecule has 0 aromatic carbocycles. The standard InChI is InChI=1S/C23H27N7O/c24-19-16-27-21(17-4-2-7-26-15-17)14-18(19)23(25)20-5-1-6-22(28-20)30-9-3-8-29(10-11-30)12-13-31/h1-2,4-7,14-16,25,31H,3,8-13,24H2. The van der Waals surface area contributed by atoms with E-state index in [2.05, 4.69) is 19.8 Å². The van der Waals surface area contributed by atoms with Crippen molar-refractivity contribution in [2.75, 3.05) is 50.0 Å². The molecular weight excluding hydrogens is 390 g/mol. The maximum atomic E-state index is 9.20. The summed E-state index contributed by atoms with van der Waals surface area (Å²) in [6.07, 6.45) is 6.05. The van der Waals surface area contributed by atoms with E-state index in [0.29, 0.717) is 23.5 Å².